The van der Waals surface area contributed by atoms with Crippen LogP contribution < -0.4 is 5.32 Å². The van der Waals surface area contributed by atoms with Crippen LogP contribution in [0.2, 0.25) is 0 Å². The summed E-state index contributed by atoms with van der Waals surface area (Å²) < 4.78 is 23.8. The summed E-state index contributed by atoms with van der Waals surface area (Å²) in [4.78, 5) is 0.442. The van der Waals surface area contributed by atoms with Crippen molar-refractivity contribution in [2.45, 2.75) is 31.2 Å². The lowest BCUT2D eigenvalue weighted by atomic mass is 10.2. The highest BCUT2D eigenvalue weighted by Crippen LogP contribution is 2.29. The lowest BCUT2D eigenvalue weighted by molar-refractivity contribution is 0.583. The normalized spacial score (nSPS) is 22.9. The van der Waals surface area contributed by atoms with E-state index in [1.165, 1.54) is 0 Å². The maximum atomic E-state index is 11.9. The van der Waals surface area contributed by atoms with Gasteiger partial charge in [-0.3, -0.25) is 0 Å². The lowest BCUT2D eigenvalue weighted by Crippen LogP contribution is -2.33. The van der Waals surface area contributed by atoms with Crippen LogP contribution in [0, 0.1) is 6.92 Å². The van der Waals surface area contributed by atoms with Gasteiger partial charge in [0.05, 0.1) is 16.3 Å². The third kappa shape index (κ3) is 1.86. The second kappa shape index (κ2) is 3.52. The van der Waals surface area contributed by atoms with E-state index in [1.807, 2.05) is 26.0 Å². The molecule has 0 amide bonds. The Morgan fingerprint density at radius 2 is 2.20 bits per heavy atom. The number of benzene rings is 1. The smallest absolute Gasteiger partial charge is 0.182 e. The molecule has 1 N–H and O–H groups in total. The molecule has 3 nitrogen and oxygen atoms in total. The van der Waals surface area contributed by atoms with Crippen LogP contribution in [0.3, 0.4) is 0 Å². The Morgan fingerprint density at radius 1 is 1.47 bits per heavy atom. The summed E-state index contributed by atoms with van der Waals surface area (Å²) in [6, 6.07) is 5.47. The molecule has 0 spiro atoms. The molecule has 15 heavy (non-hydrogen) atoms. The van der Waals surface area contributed by atoms with Crippen LogP contribution in [0.1, 0.15) is 18.9 Å². The molecule has 1 atom stereocenters. The molecule has 2 rings (SSSR count). The molecule has 1 unspecified atom stereocenters. The average molecular weight is 225 g/mol. The lowest BCUT2D eigenvalue weighted by Gasteiger charge is -2.26. The molecule has 82 valence electrons. The highest BCUT2D eigenvalue weighted by molar-refractivity contribution is 7.91. The Hall–Kier alpha value is -1.03. The van der Waals surface area contributed by atoms with Crippen molar-refractivity contribution in [3.05, 3.63) is 23.8 Å². The van der Waals surface area contributed by atoms with Crippen LogP contribution >= 0.6 is 0 Å². The van der Waals surface area contributed by atoms with Gasteiger partial charge in [0, 0.05) is 6.04 Å². The monoisotopic (exact) mass is 225 g/mol. The van der Waals surface area contributed by atoms with Gasteiger partial charge in [-0.15, -0.1) is 0 Å². The van der Waals surface area contributed by atoms with Gasteiger partial charge in [-0.2, -0.15) is 0 Å². The molecule has 0 fully saturated rings. The van der Waals surface area contributed by atoms with Crippen LogP contribution in [0.5, 0.6) is 0 Å². The van der Waals surface area contributed by atoms with Crippen LogP contribution in [-0.2, 0) is 9.84 Å². The maximum absolute atomic E-state index is 11.9. The minimum Gasteiger partial charge on any atom is -0.380 e. The summed E-state index contributed by atoms with van der Waals surface area (Å²) in [7, 11) is -3.08. The van der Waals surface area contributed by atoms with Gasteiger partial charge in [-0.1, -0.05) is 13.0 Å². The van der Waals surface area contributed by atoms with Crippen LogP contribution in [0.4, 0.5) is 5.69 Å². The van der Waals surface area contributed by atoms with Crippen LogP contribution in [0.15, 0.2) is 23.1 Å². The highest BCUT2D eigenvalue weighted by atomic mass is 32.2. The topological polar surface area (TPSA) is 46.2 Å². The summed E-state index contributed by atoms with van der Waals surface area (Å²) in [6.07, 6.45) is 0.826. The van der Waals surface area contributed by atoms with E-state index in [4.69, 9.17) is 0 Å². The number of hydrogen-bond acceptors (Lipinski definition) is 3. The first-order valence-electron chi connectivity index (χ1n) is 5.13. The van der Waals surface area contributed by atoms with Gasteiger partial charge >= 0.3 is 0 Å². The van der Waals surface area contributed by atoms with Gasteiger partial charge < -0.3 is 5.32 Å². The van der Waals surface area contributed by atoms with Gasteiger partial charge in [0.15, 0.2) is 9.84 Å². The van der Waals surface area contributed by atoms with E-state index < -0.39 is 9.84 Å². The highest BCUT2D eigenvalue weighted by Gasteiger charge is 2.28. The quantitative estimate of drug-likeness (QED) is 0.795. The Kier molecular flexibility index (Phi) is 2.46. The second-order valence-corrected chi connectivity index (χ2v) is 6.03. The predicted molar refractivity (Wildman–Crippen MR) is 60.9 cm³/mol. The van der Waals surface area contributed by atoms with Crippen molar-refractivity contribution >= 4 is 15.5 Å². The molecule has 1 aliphatic heterocycles. The van der Waals surface area contributed by atoms with E-state index >= 15 is 0 Å². The molecule has 0 radical (unpaired) electrons. The Balaban J connectivity index is 2.55. The number of aryl methyl sites for hydroxylation is 1. The molecule has 1 heterocycles. The van der Waals surface area contributed by atoms with E-state index in [9.17, 15) is 8.42 Å². The third-order valence-corrected chi connectivity index (χ3v) is 4.61. The molecular weight excluding hydrogens is 210 g/mol. The fraction of sp³-hybridized carbons (Fsp3) is 0.455. The largest absolute Gasteiger partial charge is 0.380 e. The number of rotatable bonds is 1. The van der Waals surface area contributed by atoms with Crippen molar-refractivity contribution in [1.82, 2.24) is 0 Å². The minimum absolute atomic E-state index is 0.0456. The SMILES string of the molecule is CCC1CS(=O)(=O)c2ccc(C)cc2N1. The van der Waals surface area contributed by atoms with Gasteiger partial charge in [0.25, 0.3) is 0 Å². The summed E-state index contributed by atoms with van der Waals surface area (Å²) >= 11 is 0. The number of fused-ring (bicyclic) bond motifs is 1. The molecular formula is C11H15NO2S. The van der Waals surface area contributed by atoms with Crippen molar-refractivity contribution in [3.63, 3.8) is 0 Å². The summed E-state index contributed by atoms with van der Waals surface area (Å²) in [5.74, 6) is 0.208. The minimum atomic E-state index is -3.08. The first-order chi connectivity index (χ1) is 7.03. The van der Waals surface area contributed by atoms with E-state index in [2.05, 4.69) is 5.32 Å². The molecule has 4 heteroatoms. The third-order valence-electron chi connectivity index (χ3n) is 2.74. The van der Waals surface area contributed by atoms with Crippen molar-refractivity contribution < 1.29 is 8.42 Å². The zero-order valence-corrected chi connectivity index (χ0v) is 9.76. The Morgan fingerprint density at radius 3 is 2.87 bits per heavy atom. The van der Waals surface area contributed by atoms with Crippen molar-refractivity contribution in [2.75, 3.05) is 11.1 Å². The maximum Gasteiger partial charge on any atom is 0.182 e. The molecule has 0 bridgehead atoms. The second-order valence-electron chi connectivity index (χ2n) is 4.03. The van der Waals surface area contributed by atoms with Gasteiger partial charge in [-0.25, -0.2) is 8.42 Å². The Labute approximate surface area is 90.4 Å². The molecule has 1 aromatic rings. The zero-order chi connectivity index (χ0) is 11.1. The Bertz CT molecular complexity index is 479. The summed E-state index contributed by atoms with van der Waals surface area (Å²) in [5, 5.41) is 3.26. The molecule has 1 aromatic carbocycles. The van der Waals surface area contributed by atoms with Gasteiger partial charge in [0.1, 0.15) is 0 Å². The first kappa shape index (κ1) is 10.5. The number of nitrogens with one attached hydrogen (secondary N) is 1. The summed E-state index contributed by atoms with van der Waals surface area (Å²) in [5.41, 5.74) is 1.83. The fourth-order valence-electron chi connectivity index (χ4n) is 1.86. The molecule has 0 saturated carbocycles. The molecule has 0 aliphatic carbocycles. The predicted octanol–water partition coefficient (Wildman–Crippen LogP) is 1.97. The molecule has 0 aromatic heterocycles. The molecule has 0 saturated heterocycles. The number of anilines is 1. The standard InChI is InChI=1S/C11H15NO2S/c1-3-9-7-15(13,14)11-5-4-8(2)6-10(11)12-9/h4-6,9,12H,3,7H2,1-2H3. The molecule has 1 aliphatic rings. The van der Waals surface area contributed by atoms with Gasteiger partial charge in [-0.05, 0) is 31.0 Å². The fourth-order valence-corrected chi connectivity index (χ4v) is 3.62. The first-order valence-corrected chi connectivity index (χ1v) is 6.78. The number of sulfone groups is 1. The number of hydrogen-bond donors (Lipinski definition) is 1. The van der Waals surface area contributed by atoms with Crippen molar-refractivity contribution in [1.29, 1.82) is 0 Å². The van der Waals surface area contributed by atoms with Gasteiger partial charge in [0.2, 0.25) is 0 Å². The van der Waals surface area contributed by atoms with E-state index in [-0.39, 0.29) is 11.8 Å². The van der Waals surface area contributed by atoms with Crippen LogP contribution in [-0.4, -0.2) is 20.2 Å². The van der Waals surface area contributed by atoms with E-state index in [0.29, 0.717) is 4.90 Å². The zero-order valence-electron chi connectivity index (χ0n) is 8.95. The summed E-state index contributed by atoms with van der Waals surface area (Å²) in [6.45, 7) is 3.96. The van der Waals surface area contributed by atoms with E-state index in [1.54, 1.807) is 6.07 Å². The van der Waals surface area contributed by atoms with E-state index in [0.717, 1.165) is 17.7 Å². The van der Waals surface area contributed by atoms with Crippen molar-refractivity contribution in [3.8, 4) is 0 Å². The van der Waals surface area contributed by atoms with Crippen molar-refractivity contribution in [2.24, 2.45) is 0 Å². The average Bonchev–Trinajstić information content (AvgIpc) is 2.15. The van der Waals surface area contributed by atoms with Crippen LogP contribution in [0.25, 0.3) is 0 Å².